The van der Waals surface area contributed by atoms with Gasteiger partial charge in [-0.05, 0) is 5.57 Å². The minimum atomic E-state index is -1.17. The van der Waals surface area contributed by atoms with Gasteiger partial charge in [-0.25, -0.2) is 4.79 Å². The molecule has 2 aliphatic rings. The fourth-order valence-electron chi connectivity index (χ4n) is 2.35. The van der Waals surface area contributed by atoms with E-state index < -0.39 is 17.9 Å². The lowest BCUT2D eigenvalue weighted by Gasteiger charge is -2.49. The Hall–Kier alpha value is -1.68. The molecule has 23 heavy (non-hydrogen) atoms. The molecule has 1 fully saturated rings. The van der Waals surface area contributed by atoms with Crippen LogP contribution in [0.3, 0.4) is 0 Å². The summed E-state index contributed by atoms with van der Waals surface area (Å²) in [6.45, 7) is 1.32. The summed E-state index contributed by atoms with van der Waals surface area (Å²) in [4.78, 5) is 47.3. The van der Waals surface area contributed by atoms with E-state index in [0.29, 0.717) is 17.1 Å². The summed E-state index contributed by atoms with van der Waals surface area (Å²) in [7, 11) is 1.53. The molecule has 126 valence electrons. The van der Waals surface area contributed by atoms with E-state index in [2.05, 4.69) is 10.6 Å². The lowest BCUT2D eigenvalue weighted by Crippen LogP contribution is -2.70. The molecular formula is C13H17N3O5S2. The highest BCUT2D eigenvalue weighted by atomic mass is 32.2. The molecule has 0 aromatic rings. The van der Waals surface area contributed by atoms with E-state index in [4.69, 9.17) is 0 Å². The number of carboxylic acid groups (broad SMARTS) is 1. The number of hydrogen-bond donors (Lipinski definition) is 3. The highest BCUT2D eigenvalue weighted by Crippen LogP contribution is 2.40. The Morgan fingerprint density at radius 3 is 2.70 bits per heavy atom. The van der Waals surface area contributed by atoms with E-state index in [-0.39, 0.29) is 28.6 Å². The van der Waals surface area contributed by atoms with E-state index in [1.807, 2.05) is 0 Å². The quantitative estimate of drug-likeness (QED) is 0.533. The average molecular weight is 359 g/mol. The maximum Gasteiger partial charge on any atom is 0.352 e. The van der Waals surface area contributed by atoms with Gasteiger partial charge in [-0.3, -0.25) is 19.3 Å². The zero-order valence-corrected chi connectivity index (χ0v) is 14.3. The van der Waals surface area contributed by atoms with Crippen molar-refractivity contribution >= 4 is 47.2 Å². The fraction of sp³-hybridized carbons (Fsp3) is 0.538. The number of carbonyl (C=O) groups is 4. The average Bonchev–Trinajstić information content (AvgIpc) is 2.51. The Balaban J connectivity index is 2.11. The van der Waals surface area contributed by atoms with Crippen molar-refractivity contribution in [2.45, 2.75) is 18.3 Å². The Kier molecular flexibility index (Phi) is 5.58. The van der Waals surface area contributed by atoms with E-state index in [1.54, 1.807) is 0 Å². The first-order chi connectivity index (χ1) is 10.9. The monoisotopic (exact) mass is 359 g/mol. The SMILES string of the molecule is CNC(=O)CSCC1=C(C(=O)O)N2C(=O)C(NC(C)=O)C2SC1. The maximum atomic E-state index is 12.1. The van der Waals surface area contributed by atoms with Crippen molar-refractivity contribution in [3.05, 3.63) is 11.3 Å². The number of amides is 3. The first-order valence-corrected chi connectivity index (χ1v) is 9.02. The Labute approximate surface area is 141 Å². The second-order valence-corrected chi connectivity index (χ2v) is 7.10. The molecule has 0 bridgehead atoms. The number of thioether (sulfide) groups is 2. The van der Waals surface area contributed by atoms with Gasteiger partial charge < -0.3 is 15.7 Å². The molecule has 0 saturated carbocycles. The number of rotatable bonds is 6. The van der Waals surface area contributed by atoms with Crippen molar-refractivity contribution in [3.63, 3.8) is 0 Å². The third-order valence-electron chi connectivity index (χ3n) is 3.40. The van der Waals surface area contributed by atoms with E-state index in [1.165, 1.54) is 42.4 Å². The number of fused-ring (bicyclic) bond motifs is 1. The van der Waals surface area contributed by atoms with Crippen molar-refractivity contribution in [1.29, 1.82) is 0 Å². The van der Waals surface area contributed by atoms with Crippen LogP contribution in [0, 0.1) is 0 Å². The van der Waals surface area contributed by atoms with Crippen molar-refractivity contribution in [2.24, 2.45) is 0 Å². The van der Waals surface area contributed by atoms with Crippen LogP contribution < -0.4 is 10.6 Å². The van der Waals surface area contributed by atoms with Crippen molar-refractivity contribution < 1.29 is 24.3 Å². The maximum absolute atomic E-state index is 12.1. The van der Waals surface area contributed by atoms with Gasteiger partial charge in [-0.15, -0.1) is 23.5 Å². The van der Waals surface area contributed by atoms with Gasteiger partial charge in [0.25, 0.3) is 5.91 Å². The largest absolute Gasteiger partial charge is 0.477 e. The molecule has 8 nitrogen and oxygen atoms in total. The molecule has 0 spiro atoms. The Bertz CT molecular complexity index is 592. The lowest BCUT2D eigenvalue weighted by atomic mass is 10.0. The number of aliphatic carboxylic acids is 1. The van der Waals surface area contributed by atoms with Crippen LogP contribution in [0.4, 0.5) is 0 Å². The van der Waals surface area contributed by atoms with Gasteiger partial charge in [0.2, 0.25) is 11.8 Å². The molecule has 0 radical (unpaired) electrons. The molecule has 3 amide bonds. The first-order valence-electron chi connectivity index (χ1n) is 6.82. The van der Waals surface area contributed by atoms with Gasteiger partial charge in [0.1, 0.15) is 17.1 Å². The number of hydrogen-bond acceptors (Lipinski definition) is 6. The van der Waals surface area contributed by atoms with Gasteiger partial charge in [-0.2, -0.15) is 0 Å². The van der Waals surface area contributed by atoms with Crippen LogP contribution in [-0.4, -0.2) is 69.4 Å². The zero-order valence-electron chi connectivity index (χ0n) is 12.6. The molecule has 0 aromatic heterocycles. The van der Waals surface area contributed by atoms with Gasteiger partial charge in [0.15, 0.2) is 0 Å². The van der Waals surface area contributed by atoms with Crippen LogP contribution in [0.2, 0.25) is 0 Å². The molecule has 2 rings (SSSR count). The lowest BCUT2D eigenvalue weighted by molar-refractivity contribution is -0.150. The molecule has 2 unspecified atom stereocenters. The van der Waals surface area contributed by atoms with Crippen molar-refractivity contribution in [2.75, 3.05) is 24.3 Å². The minimum Gasteiger partial charge on any atom is -0.477 e. The normalized spacial score (nSPS) is 23.0. The van der Waals surface area contributed by atoms with E-state index >= 15 is 0 Å². The number of β-lactam (4-membered cyclic amide) rings is 1. The summed E-state index contributed by atoms with van der Waals surface area (Å²) in [5, 5.41) is 14.1. The van der Waals surface area contributed by atoms with Crippen molar-refractivity contribution in [1.82, 2.24) is 15.5 Å². The predicted octanol–water partition coefficient (Wildman–Crippen LogP) is -0.776. The molecule has 1 saturated heterocycles. The summed E-state index contributed by atoms with van der Waals surface area (Å²) in [5.41, 5.74) is 0.590. The molecule has 2 atom stereocenters. The van der Waals surface area contributed by atoms with Crippen LogP contribution in [-0.2, 0) is 19.2 Å². The predicted molar refractivity (Wildman–Crippen MR) is 86.8 cm³/mol. The highest BCUT2D eigenvalue weighted by Gasteiger charge is 2.53. The first kappa shape index (κ1) is 17.7. The number of carboxylic acids is 1. The summed E-state index contributed by atoms with van der Waals surface area (Å²) < 4.78 is 0. The van der Waals surface area contributed by atoms with Gasteiger partial charge in [0.05, 0.1) is 5.75 Å². The van der Waals surface area contributed by atoms with Crippen LogP contribution in [0.5, 0.6) is 0 Å². The third-order valence-corrected chi connectivity index (χ3v) is 5.76. The standard InChI is InChI=1S/C13H17N3O5S2/c1-6(17)15-9-11(19)16-10(13(20)21)7(4-23-12(9)16)3-22-5-8(18)14-2/h9,12H,3-5H2,1-2H3,(H,14,18)(H,15,17)(H,20,21). The summed E-state index contributed by atoms with van der Waals surface area (Å²) in [5.74, 6) is -1.00. The van der Waals surface area contributed by atoms with Crippen LogP contribution >= 0.6 is 23.5 Å². The van der Waals surface area contributed by atoms with E-state index in [9.17, 15) is 24.3 Å². The zero-order chi connectivity index (χ0) is 17.1. The molecule has 3 N–H and O–H groups in total. The second-order valence-electron chi connectivity index (χ2n) is 5.01. The summed E-state index contributed by atoms with van der Waals surface area (Å²) in [6, 6.07) is -0.674. The molecule has 10 heteroatoms. The van der Waals surface area contributed by atoms with Crippen molar-refractivity contribution in [3.8, 4) is 0 Å². The molecule has 2 heterocycles. The van der Waals surface area contributed by atoms with E-state index in [0.717, 1.165) is 0 Å². The minimum absolute atomic E-state index is 0.0234. The molecule has 0 aromatic carbocycles. The number of carbonyl (C=O) groups excluding carboxylic acids is 3. The second kappa shape index (κ2) is 7.26. The Morgan fingerprint density at radius 2 is 2.13 bits per heavy atom. The third kappa shape index (κ3) is 3.63. The van der Waals surface area contributed by atoms with Crippen LogP contribution in [0.1, 0.15) is 6.92 Å². The van der Waals surface area contributed by atoms with Gasteiger partial charge >= 0.3 is 5.97 Å². The molecule has 0 aliphatic carbocycles. The van der Waals surface area contributed by atoms with Gasteiger partial charge in [-0.1, -0.05) is 0 Å². The van der Waals surface area contributed by atoms with Crippen LogP contribution in [0.15, 0.2) is 11.3 Å². The number of nitrogens with zero attached hydrogens (tertiary/aromatic N) is 1. The van der Waals surface area contributed by atoms with Gasteiger partial charge in [0, 0.05) is 25.5 Å². The fourth-order valence-corrected chi connectivity index (χ4v) is 4.74. The molecule has 2 aliphatic heterocycles. The summed E-state index contributed by atoms with van der Waals surface area (Å²) in [6.07, 6.45) is 0. The number of nitrogens with one attached hydrogen (secondary N) is 2. The Morgan fingerprint density at radius 1 is 1.43 bits per heavy atom. The topological polar surface area (TPSA) is 116 Å². The highest BCUT2D eigenvalue weighted by molar-refractivity contribution is 8.01. The molecular weight excluding hydrogens is 342 g/mol. The summed E-state index contributed by atoms with van der Waals surface area (Å²) >= 11 is 2.72. The van der Waals surface area contributed by atoms with Crippen LogP contribution in [0.25, 0.3) is 0 Å². The smallest absolute Gasteiger partial charge is 0.352 e.